The van der Waals surface area contributed by atoms with Crippen LogP contribution < -0.4 is 11.4 Å². The molecule has 0 unspecified atom stereocenters. The fraction of sp³-hybridized carbons (Fsp3) is 0.176. The largest absolute Gasteiger partial charge is 0.346 e. The summed E-state index contributed by atoms with van der Waals surface area (Å²) in [4.78, 5) is 18.3. The van der Waals surface area contributed by atoms with Crippen molar-refractivity contribution in [3.8, 4) is 16.5 Å². The molecule has 0 aliphatic rings. The first-order valence-electron chi connectivity index (χ1n) is 7.70. The molecule has 26 heavy (non-hydrogen) atoms. The van der Waals surface area contributed by atoms with Gasteiger partial charge in [0.1, 0.15) is 18.1 Å². The van der Waals surface area contributed by atoms with Crippen molar-refractivity contribution in [2.24, 2.45) is 5.73 Å². The first-order valence-corrected chi connectivity index (χ1v) is 8.52. The lowest BCUT2D eigenvalue weighted by Gasteiger charge is -2.01. The van der Waals surface area contributed by atoms with Gasteiger partial charge >= 0.3 is 5.69 Å². The van der Waals surface area contributed by atoms with Crippen LogP contribution in [0.15, 0.2) is 53.5 Å². The number of halogens is 1. The van der Waals surface area contributed by atoms with E-state index in [1.165, 1.54) is 26.9 Å². The molecule has 9 heteroatoms. The van der Waals surface area contributed by atoms with Gasteiger partial charge in [-0.2, -0.15) is 10.4 Å². The Bertz CT molecular complexity index is 1020. The van der Waals surface area contributed by atoms with Crippen molar-refractivity contribution in [3.63, 3.8) is 0 Å². The normalized spacial score (nSPS) is 11.5. The molecule has 132 valence electrons. The summed E-state index contributed by atoms with van der Waals surface area (Å²) >= 11 is 1.52. The molecule has 0 saturated heterocycles. The van der Waals surface area contributed by atoms with Crippen LogP contribution in [0.1, 0.15) is 10.6 Å². The quantitative estimate of drug-likeness (QED) is 0.714. The zero-order valence-electron chi connectivity index (χ0n) is 13.7. The smallest absolute Gasteiger partial charge is 0.327 e. The molecule has 0 aromatic carbocycles. The third kappa shape index (κ3) is 3.77. The second kappa shape index (κ2) is 7.86. The van der Waals surface area contributed by atoms with Gasteiger partial charge in [0.15, 0.2) is 0 Å². The van der Waals surface area contributed by atoms with E-state index < -0.39 is 0 Å². The number of aromatic nitrogens is 4. The molecule has 0 spiro atoms. The zero-order valence-corrected chi connectivity index (χ0v) is 14.5. The predicted molar refractivity (Wildman–Crippen MR) is 96.1 cm³/mol. The van der Waals surface area contributed by atoms with E-state index in [-0.39, 0.29) is 18.8 Å². The van der Waals surface area contributed by atoms with Gasteiger partial charge in [0, 0.05) is 28.1 Å². The summed E-state index contributed by atoms with van der Waals surface area (Å²) in [5.41, 5.74) is 6.65. The molecule has 7 nitrogen and oxygen atoms in total. The number of thiophene rings is 1. The van der Waals surface area contributed by atoms with E-state index in [0.717, 1.165) is 15.3 Å². The molecule has 0 atom stereocenters. The minimum atomic E-state index is -0.326. The predicted octanol–water partition coefficient (Wildman–Crippen LogP) is 1.90. The van der Waals surface area contributed by atoms with Crippen LogP contribution in [0, 0.1) is 11.3 Å². The SMILES string of the molecule is N#Cc1ccc(-c2ccc(Cn3cnn(C/C(=C/F)CN)c3=O)s2)cn1. The van der Waals surface area contributed by atoms with Crippen molar-refractivity contribution in [3.05, 3.63) is 69.7 Å². The molecule has 3 aromatic rings. The Morgan fingerprint density at radius 3 is 2.88 bits per heavy atom. The van der Waals surface area contributed by atoms with Crippen molar-refractivity contribution in [1.82, 2.24) is 19.3 Å². The van der Waals surface area contributed by atoms with Gasteiger partial charge in [0.25, 0.3) is 0 Å². The van der Waals surface area contributed by atoms with Crippen LogP contribution in [-0.4, -0.2) is 25.9 Å². The fourth-order valence-corrected chi connectivity index (χ4v) is 3.31. The summed E-state index contributed by atoms with van der Waals surface area (Å²) < 4.78 is 15.3. The monoisotopic (exact) mass is 370 g/mol. The van der Waals surface area contributed by atoms with Crippen molar-refractivity contribution >= 4 is 11.3 Å². The summed E-state index contributed by atoms with van der Waals surface area (Å²) in [7, 11) is 0. The second-order valence-corrected chi connectivity index (χ2v) is 6.65. The maximum atomic E-state index is 12.6. The van der Waals surface area contributed by atoms with E-state index in [2.05, 4.69) is 10.1 Å². The summed E-state index contributed by atoms with van der Waals surface area (Å²) in [6.07, 6.45) is 3.48. The van der Waals surface area contributed by atoms with Gasteiger partial charge in [-0.05, 0) is 29.8 Å². The number of rotatable bonds is 6. The Hall–Kier alpha value is -3.09. The average molecular weight is 370 g/mol. The molecule has 0 saturated carbocycles. The minimum absolute atomic E-state index is 0.0305. The second-order valence-electron chi connectivity index (χ2n) is 5.48. The summed E-state index contributed by atoms with van der Waals surface area (Å²) in [6.45, 7) is 0.429. The zero-order chi connectivity index (χ0) is 18.5. The van der Waals surface area contributed by atoms with Crippen molar-refractivity contribution in [2.75, 3.05) is 6.54 Å². The molecule has 3 heterocycles. The van der Waals surface area contributed by atoms with Crippen molar-refractivity contribution in [1.29, 1.82) is 5.26 Å². The first-order chi connectivity index (χ1) is 12.6. The topological polar surface area (TPSA) is 103 Å². The number of nitrogens with zero attached hydrogens (tertiary/aromatic N) is 5. The number of hydrogen-bond donors (Lipinski definition) is 1. The summed E-state index contributed by atoms with van der Waals surface area (Å²) in [6, 6.07) is 9.35. The highest BCUT2D eigenvalue weighted by molar-refractivity contribution is 7.15. The molecule has 0 aliphatic carbocycles. The number of pyridine rings is 1. The van der Waals surface area contributed by atoms with E-state index in [4.69, 9.17) is 11.0 Å². The third-order valence-corrected chi connectivity index (χ3v) is 4.84. The van der Waals surface area contributed by atoms with Crippen LogP contribution in [0.3, 0.4) is 0 Å². The molecule has 3 rings (SSSR count). The molecule has 2 N–H and O–H groups in total. The Kier molecular flexibility index (Phi) is 5.36. The van der Waals surface area contributed by atoms with Crippen molar-refractivity contribution in [2.45, 2.75) is 13.1 Å². The highest BCUT2D eigenvalue weighted by Gasteiger charge is 2.10. The van der Waals surface area contributed by atoms with E-state index in [0.29, 0.717) is 24.1 Å². The molecule has 0 aliphatic heterocycles. The van der Waals surface area contributed by atoms with Gasteiger partial charge < -0.3 is 5.73 Å². The third-order valence-electron chi connectivity index (χ3n) is 3.72. The van der Waals surface area contributed by atoms with Crippen LogP contribution in [0.2, 0.25) is 0 Å². The van der Waals surface area contributed by atoms with Crippen LogP contribution in [0.25, 0.3) is 10.4 Å². The molecular formula is C17H15FN6OS. The summed E-state index contributed by atoms with van der Waals surface area (Å²) in [5, 5.41) is 12.8. The van der Waals surface area contributed by atoms with E-state index >= 15 is 0 Å². The van der Waals surface area contributed by atoms with Crippen molar-refractivity contribution < 1.29 is 4.39 Å². The summed E-state index contributed by atoms with van der Waals surface area (Å²) in [5.74, 6) is 0. The van der Waals surface area contributed by atoms with Gasteiger partial charge in [0.2, 0.25) is 0 Å². The van der Waals surface area contributed by atoms with Gasteiger partial charge in [0.05, 0.1) is 19.4 Å². The maximum Gasteiger partial charge on any atom is 0.346 e. The van der Waals surface area contributed by atoms with Gasteiger partial charge in [-0.15, -0.1) is 11.3 Å². The molecular weight excluding hydrogens is 355 g/mol. The Morgan fingerprint density at radius 1 is 1.38 bits per heavy atom. The molecule has 3 aromatic heterocycles. The van der Waals surface area contributed by atoms with Gasteiger partial charge in [-0.3, -0.25) is 4.57 Å². The average Bonchev–Trinajstić information content (AvgIpc) is 3.28. The van der Waals surface area contributed by atoms with Crippen LogP contribution in [-0.2, 0) is 13.1 Å². The van der Waals surface area contributed by atoms with Crippen LogP contribution in [0.5, 0.6) is 0 Å². The van der Waals surface area contributed by atoms with Crippen LogP contribution in [0.4, 0.5) is 4.39 Å². The van der Waals surface area contributed by atoms with Crippen LogP contribution >= 0.6 is 11.3 Å². The highest BCUT2D eigenvalue weighted by atomic mass is 32.1. The number of nitriles is 1. The fourth-order valence-electron chi connectivity index (χ4n) is 2.32. The van der Waals surface area contributed by atoms with E-state index in [9.17, 15) is 9.18 Å². The lowest BCUT2D eigenvalue weighted by atomic mass is 10.2. The standard InChI is InChI=1S/C17H15FN6OS/c18-5-12(6-19)9-24-17(25)23(11-22-24)10-15-3-4-16(26-15)13-1-2-14(7-20)21-8-13/h1-5,8,11H,6,9-10,19H2/b12-5+. The minimum Gasteiger partial charge on any atom is -0.327 e. The lowest BCUT2D eigenvalue weighted by Crippen LogP contribution is -2.26. The Balaban J connectivity index is 1.76. The van der Waals surface area contributed by atoms with E-state index in [1.807, 2.05) is 24.3 Å². The first kappa shape index (κ1) is 17.7. The molecule has 0 radical (unpaired) electrons. The van der Waals surface area contributed by atoms with Gasteiger partial charge in [-0.1, -0.05) is 0 Å². The van der Waals surface area contributed by atoms with E-state index in [1.54, 1.807) is 12.3 Å². The molecule has 0 amide bonds. The Labute approximate surface area is 152 Å². The molecule has 0 bridgehead atoms. The number of nitrogens with two attached hydrogens (primary N) is 1. The van der Waals surface area contributed by atoms with Gasteiger partial charge in [-0.25, -0.2) is 18.9 Å². The molecule has 0 fully saturated rings. The number of hydrogen-bond acceptors (Lipinski definition) is 6. The lowest BCUT2D eigenvalue weighted by molar-refractivity contribution is 0.604. The maximum absolute atomic E-state index is 12.6. The Morgan fingerprint density at radius 2 is 2.23 bits per heavy atom. The highest BCUT2D eigenvalue weighted by Crippen LogP contribution is 2.27.